The van der Waals surface area contributed by atoms with Crippen molar-refractivity contribution in [1.82, 2.24) is 0 Å². The number of rotatable bonds is 2. The Hall–Kier alpha value is -1.15. The summed E-state index contributed by atoms with van der Waals surface area (Å²) in [5, 5.41) is 1.35. The second kappa shape index (κ2) is 3.30. The Labute approximate surface area is 81.7 Å². The molecule has 1 heterocycles. The van der Waals surface area contributed by atoms with Crippen LogP contribution in [0.25, 0.3) is 10.1 Å². The second-order valence-corrected chi connectivity index (χ2v) is 4.16. The average Bonchev–Trinajstić information content (AvgIpc) is 2.46. The number of benzene rings is 1. The van der Waals surface area contributed by atoms with Crippen LogP contribution in [0.5, 0.6) is 0 Å². The van der Waals surface area contributed by atoms with Crippen LogP contribution >= 0.6 is 11.3 Å². The summed E-state index contributed by atoms with van der Waals surface area (Å²) in [6.07, 6.45) is 0. The summed E-state index contributed by atoms with van der Waals surface area (Å²) in [5.74, 6) is 0. The van der Waals surface area contributed by atoms with E-state index in [1.54, 1.807) is 0 Å². The fourth-order valence-electron chi connectivity index (χ4n) is 1.48. The quantitative estimate of drug-likeness (QED) is 0.642. The molecule has 0 amide bonds. The molecule has 0 N–H and O–H groups in total. The molecule has 2 rings (SSSR count). The molecule has 0 aliphatic carbocycles. The van der Waals surface area contributed by atoms with Gasteiger partial charge in [-0.3, -0.25) is 4.99 Å². The summed E-state index contributed by atoms with van der Waals surface area (Å²) in [6, 6.07) is 8.46. The van der Waals surface area contributed by atoms with Crippen molar-refractivity contribution in [1.29, 1.82) is 0 Å². The highest BCUT2D eigenvalue weighted by molar-refractivity contribution is 7.19. The zero-order valence-corrected chi connectivity index (χ0v) is 8.40. The number of nitrogens with zero attached hydrogens (tertiary/aromatic N) is 1. The third kappa shape index (κ3) is 1.38. The highest BCUT2D eigenvalue weighted by Gasteiger charge is 2.05. The largest absolute Gasteiger partial charge is 0.295 e. The molecule has 0 radical (unpaired) electrons. The molecule has 2 aromatic rings. The van der Waals surface area contributed by atoms with Crippen LogP contribution in [-0.4, -0.2) is 6.72 Å². The summed E-state index contributed by atoms with van der Waals surface area (Å²) in [7, 11) is 0. The van der Waals surface area contributed by atoms with Gasteiger partial charge in [-0.25, -0.2) is 0 Å². The molecule has 0 aliphatic heterocycles. The third-order valence-corrected chi connectivity index (χ3v) is 3.46. The molecule has 2 heteroatoms. The van der Waals surface area contributed by atoms with Gasteiger partial charge in [-0.1, -0.05) is 18.2 Å². The van der Waals surface area contributed by atoms with Crippen LogP contribution in [0.15, 0.2) is 29.3 Å². The smallest absolute Gasteiger partial charge is 0.0728 e. The van der Waals surface area contributed by atoms with Crippen LogP contribution in [0.3, 0.4) is 0 Å². The van der Waals surface area contributed by atoms with E-state index >= 15 is 0 Å². The van der Waals surface area contributed by atoms with Crippen LogP contribution in [0.2, 0.25) is 0 Å². The van der Waals surface area contributed by atoms with Gasteiger partial charge in [0.25, 0.3) is 0 Å². The van der Waals surface area contributed by atoms with E-state index in [0.717, 1.165) is 6.54 Å². The second-order valence-electron chi connectivity index (χ2n) is 3.03. The predicted molar refractivity (Wildman–Crippen MR) is 59.8 cm³/mol. The van der Waals surface area contributed by atoms with Crippen LogP contribution in [-0.2, 0) is 6.54 Å². The first-order valence-corrected chi connectivity index (χ1v) is 5.04. The molecule has 0 aliphatic rings. The Kier molecular flexibility index (Phi) is 2.15. The Bertz CT molecular complexity index is 442. The predicted octanol–water partition coefficient (Wildman–Crippen LogP) is 3.41. The topological polar surface area (TPSA) is 12.4 Å². The lowest BCUT2D eigenvalue weighted by atomic mass is 10.1. The first-order valence-electron chi connectivity index (χ1n) is 4.22. The van der Waals surface area contributed by atoms with Crippen LogP contribution < -0.4 is 0 Å². The Morgan fingerprint density at radius 2 is 2.15 bits per heavy atom. The molecule has 1 aromatic heterocycles. The van der Waals surface area contributed by atoms with Crippen molar-refractivity contribution < 1.29 is 0 Å². The number of aryl methyl sites for hydroxylation is 1. The molecule has 0 spiro atoms. The van der Waals surface area contributed by atoms with Gasteiger partial charge < -0.3 is 0 Å². The third-order valence-electron chi connectivity index (χ3n) is 2.20. The summed E-state index contributed by atoms with van der Waals surface area (Å²) < 4.78 is 1.35. The summed E-state index contributed by atoms with van der Waals surface area (Å²) in [5.41, 5.74) is 1.35. The molecule has 0 fully saturated rings. The molecule has 1 aromatic carbocycles. The van der Waals surface area contributed by atoms with Gasteiger partial charge in [0.2, 0.25) is 0 Å². The van der Waals surface area contributed by atoms with Gasteiger partial charge in [0.1, 0.15) is 0 Å². The van der Waals surface area contributed by atoms with Gasteiger partial charge >= 0.3 is 0 Å². The minimum absolute atomic E-state index is 0.741. The van der Waals surface area contributed by atoms with E-state index in [-0.39, 0.29) is 0 Å². The van der Waals surface area contributed by atoms with Crippen molar-refractivity contribution >= 4 is 28.1 Å². The monoisotopic (exact) mass is 189 g/mol. The zero-order chi connectivity index (χ0) is 9.26. The Balaban J connectivity index is 2.66. The first-order chi connectivity index (χ1) is 6.33. The highest BCUT2D eigenvalue weighted by Crippen LogP contribution is 2.30. The van der Waals surface area contributed by atoms with Crippen LogP contribution in [0.1, 0.15) is 10.4 Å². The van der Waals surface area contributed by atoms with E-state index < -0.39 is 0 Å². The van der Waals surface area contributed by atoms with Crippen molar-refractivity contribution in [3.63, 3.8) is 0 Å². The van der Waals surface area contributed by atoms with E-state index in [0.29, 0.717) is 0 Å². The SMILES string of the molecule is C=NCc1sc2ccccc2c1C. The number of hydrogen-bond acceptors (Lipinski definition) is 2. The summed E-state index contributed by atoms with van der Waals surface area (Å²) in [6.45, 7) is 6.42. The fraction of sp³-hybridized carbons (Fsp3) is 0.182. The molecule has 0 bridgehead atoms. The van der Waals surface area contributed by atoms with Gasteiger partial charge in [-0.05, 0) is 30.7 Å². The van der Waals surface area contributed by atoms with Crippen molar-refractivity contribution in [3.8, 4) is 0 Å². The minimum Gasteiger partial charge on any atom is -0.295 e. The standard InChI is InChI=1S/C11H11NS/c1-8-9-5-3-4-6-10(9)13-11(8)7-12-2/h3-6H,2,7H2,1H3. The Morgan fingerprint density at radius 3 is 2.85 bits per heavy atom. The van der Waals surface area contributed by atoms with E-state index in [2.05, 4.69) is 42.9 Å². The van der Waals surface area contributed by atoms with E-state index in [1.165, 1.54) is 20.5 Å². The molecule has 0 unspecified atom stereocenters. The molecule has 1 nitrogen and oxygen atoms in total. The molecule has 66 valence electrons. The van der Waals surface area contributed by atoms with E-state index in [4.69, 9.17) is 0 Å². The normalized spacial score (nSPS) is 10.5. The van der Waals surface area contributed by atoms with Gasteiger partial charge in [-0.15, -0.1) is 11.3 Å². The van der Waals surface area contributed by atoms with Crippen molar-refractivity contribution in [3.05, 3.63) is 34.7 Å². The van der Waals surface area contributed by atoms with Gasteiger partial charge in [0.05, 0.1) is 6.54 Å². The average molecular weight is 189 g/mol. The lowest BCUT2D eigenvalue weighted by Crippen LogP contribution is -1.77. The maximum atomic E-state index is 3.92. The lowest BCUT2D eigenvalue weighted by molar-refractivity contribution is 1.10. The molecule has 0 saturated heterocycles. The zero-order valence-electron chi connectivity index (χ0n) is 7.58. The van der Waals surface area contributed by atoms with Crippen LogP contribution in [0.4, 0.5) is 0 Å². The van der Waals surface area contributed by atoms with E-state index in [1.807, 2.05) is 11.3 Å². The molecular formula is C11H11NS. The maximum Gasteiger partial charge on any atom is 0.0728 e. The number of fused-ring (bicyclic) bond motifs is 1. The first kappa shape index (κ1) is 8.45. The Morgan fingerprint density at radius 1 is 1.38 bits per heavy atom. The summed E-state index contributed by atoms with van der Waals surface area (Å²) in [4.78, 5) is 5.25. The van der Waals surface area contributed by atoms with Gasteiger partial charge in [0.15, 0.2) is 0 Å². The molecule has 0 atom stereocenters. The number of thiophene rings is 1. The number of hydrogen-bond donors (Lipinski definition) is 0. The molecule has 0 saturated carbocycles. The maximum absolute atomic E-state index is 3.92. The van der Waals surface area contributed by atoms with E-state index in [9.17, 15) is 0 Å². The highest BCUT2D eigenvalue weighted by atomic mass is 32.1. The van der Waals surface area contributed by atoms with Crippen molar-refractivity contribution in [2.75, 3.05) is 0 Å². The fourth-order valence-corrected chi connectivity index (χ4v) is 2.64. The molecular weight excluding hydrogens is 178 g/mol. The lowest BCUT2D eigenvalue weighted by Gasteiger charge is -1.92. The van der Waals surface area contributed by atoms with Crippen LogP contribution in [0, 0.1) is 6.92 Å². The summed E-state index contributed by atoms with van der Waals surface area (Å²) >= 11 is 1.81. The minimum atomic E-state index is 0.741. The molecule has 13 heavy (non-hydrogen) atoms. The van der Waals surface area contributed by atoms with Gasteiger partial charge in [0, 0.05) is 9.58 Å². The van der Waals surface area contributed by atoms with Crippen molar-refractivity contribution in [2.45, 2.75) is 13.5 Å². The van der Waals surface area contributed by atoms with Gasteiger partial charge in [-0.2, -0.15) is 0 Å². The van der Waals surface area contributed by atoms with Crippen molar-refractivity contribution in [2.24, 2.45) is 4.99 Å². The number of aliphatic imine (C=N–C) groups is 1.